The monoisotopic (exact) mass is 768 g/mol. The highest BCUT2D eigenvalue weighted by atomic mass is 15.1. The van der Waals surface area contributed by atoms with E-state index in [9.17, 15) is 0 Å². The summed E-state index contributed by atoms with van der Waals surface area (Å²) in [7, 11) is 0. The highest BCUT2D eigenvalue weighted by Crippen LogP contribution is 2.48. The predicted octanol–water partition coefficient (Wildman–Crippen LogP) is 14.2. The molecule has 60 heavy (non-hydrogen) atoms. The number of nitrogens with zero attached hydrogens (tertiary/aromatic N) is 6. The topological polar surface area (TPSA) is 58.0 Å². The van der Waals surface area contributed by atoms with Crippen LogP contribution in [0.2, 0.25) is 0 Å². The first-order valence-corrected chi connectivity index (χ1v) is 20.0. The van der Waals surface area contributed by atoms with Crippen molar-refractivity contribution in [2.45, 2.75) is 0 Å². The van der Waals surface area contributed by atoms with Crippen molar-refractivity contribution in [1.82, 2.24) is 19.9 Å². The van der Waals surface area contributed by atoms with Gasteiger partial charge in [0.15, 0.2) is 0 Å². The average molecular weight is 769 g/mol. The fraction of sp³-hybridized carbons (Fsp3) is 0. The summed E-state index contributed by atoms with van der Waals surface area (Å²) in [6.07, 6.45) is 14.7. The number of hydrogen-bond donors (Lipinski definition) is 0. The molecule has 0 fully saturated rings. The summed E-state index contributed by atoms with van der Waals surface area (Å²) < 4.78 is 0. The largest absolute Gasteiger partial charge is 0.310 e. The number of aromatic nitrogens is 4. The highest BCUT2D eigenvalue weighted by Gasteiger charge is 2.22. The van der Waals surface area contributed by atoms with Crippen LogP contribution in [-0.2, 0) is 0 Å². The number of pyridine rings is 4. The zero-order chi connectivity index (χ0) is 39.8. The summed E-state index contributed by atoms with van der Waals surface area (Å²) in [5.41, 5.74) is 10.8. The molecule has 0 aliphatic carbocycles. The molecular weight excluding hydrogens is 733 g/mol. The third-order valence-electron chi connectivity index (χ3n) is 11.4. The van der Waals surface area contributed by atoms with E-state index < -0.39 is 0 Å². The van der Waals surface area contributed by atoms with E-state index in [0.717, 1.165) is 66.8 Å². The summed E-state index contributed by atoms with van der Waals surface area (Å²) in [5, 5.41) is 9.42. The quantitative estimate of drug-likeness (QED) is 0.144. The average Bonchev–Trinajstić information content (AvgIpc) is 3.32. The Morgan fingerprint density at radius 3 is 0.933 bits per heavy atom. The molecule has 4 heterocycles. The fourth-order valence-corrected chi connectivity index (χ4v) is 8.66. The number of benzene rings is 7. The summed E-state index contributed by atoms with van der Waals surface area (Å²) in [5.74, 6) is 0. The zero-order valence-electron chi connectivity index (χ0n) is 32.5. The van der Waals surface area contributed by atoms with Crippen LogP contribution in [0.3, 0.4) is 0 Å². The SMILES string of the molecule is c1ccc2cc(-c3c4ccc(N(c5ccncc5)c5ccncc5)cc4c(-c4ccc5ccccc5c4)c4ccc(N(c5ccncc5)c5ccncc5)cc34)ccc2c1. The summed E-state index contributed by atoms with van der Waals surface area (Å²) in [6, 6.07) is 61.1. The van der Waals surface area contributed by atoms with Crippen LogP contribution < -0.4 is 9.80 Å². The van der Waals surface area contributed by atoms with Gasteiger partial charge in [-0.15, -0.1) is 0 Å². The van der Waals surface area contributed by atoms with Gasteiger partial charge in [-0.25, -0.2) is 0 Å². The third-order valence-corrected chi connectivity index (χ3v) is 11.4. The molecule has 4 aromatic heterocycles. The van der Waals surface area contributed by atoms with Gasteiger partial charge in [0.05, 0.1) is 0 Å². The Bertz CT molecular complexity index is 3020. The Morgan fingerprint density at radius 2 is 0.583 bits per heavy atom. The molecule has 0 radical (unpaired) electrons. The van der Waals surface area contributed by atoms with E-state index in [0.29, 0.717) is 0 Å². The molecule has 0 aliphatic heterocycles. The van der Waals surface area contributed by atoms with E-state index >= 15 is 0 Å². The maximum absolute atomic E-state index is 4.35. The Balaban J connectivity index is 1.27. The normalized spacial score (nSPS) is 11.3. The van der Waals surface area contributed by atoms with E-state index in [-0.39, 0.29) is 0 Å². The molecule has 0 atom stereocenters. The van der Waals surface area contributed by atoms with E-state index in [1.165, 1.54) is 32.7 Å². The van der Waals surface area contributed by atoms with Gasteiger partial charge >= 0.3 is 0 Å². The Kier molecular flexibility index (Phi) is 8.71. The predicted molar refractivity (Wildman–Crippen MR) is 248 cm³/mol. The van der Waals surface area contributed by atoms with Gasteiger partial charge in [-0.3, -0.25) is 19.9 Å². The smallest absolute Gasteiger partial charge is 0.0492 e. The van der Waals surface area contributed by atoms with Gasteiger partial charge in [0.1, 0.15) is 0 Å². The van der Waals surface area contributed by atoms with Crippen molar-refractivity contribution in [3.8, 4) is 22.3 Å². The Morgan fingerprint density at radius 1 is 0.250 bits per heavy atom. The molecule has 0 saturated carbocycles. The third kappa shape index (κ3) is 6.24. The molecule has 0 bridgehead atoms. The van der Waals surface area contributed by atoms with Gasteiger partial charge in [-0.2, -0.15) is 0 Å². The van der Waals surface area contributed by atoms with Gasteiger partial charge in [0.25, 0.3) is 0 Å². The van der Waals surface area contributed by atoms with Gasteiger partial charge in [-0.05, 0) is 150 Å². The maximum Gasteiger partial charge on any atom is 0.0492 e. The second kappa shape index (κ2) is 14.9. The van der Waals surface area contributed by atoms with Gasteiger partial charge in [0.2, 0.25) is 0 Å². The van der Waals surface area contributed by atoms with Crippen molar-refractivity contribution in [1.29, 1.82) is 0 Å². The van der Waals surface area contributed by atoms with Crippen LogP contribution in [0, 0.1) is 0 Å². The molecule has 0 amide bonds. The first-order chi connectivity index (χ1) is 29.8. The minimum atomic E-state index is 1.01. The van der Waals surface area contributed by atoms with Gasteiger partial charge < -0.3 is 9.80 Å². The maximum atomic E-state index is 4.35. The van der Waals surface area contributed by atoms with Crippen molar-refractivity contribution >= 4 is 77.2 Å². The summed E-state index contributed by atoms with van der Waals surface area (Å²) in [4.78, 5) is 22.0. The van der Waals surface area contributed by atoms with E-state index in [4.69, 9.17) is 0 Å². The lowest BCUT2D eigenvalue weighted by Gasteiger charge is -2.28. The van der Waals surface area contributed by atoms with Crippen molar-refractivity contribution < 1.29 is 0 Å². The van der Waals surface area contributed by atoms with Crippen molar-refractivity contribution in [3.63, 3.8) is 0 Å². The number of fused-ring (bicyclic) bond motifs is 4. The summed E-state index contributed by atoms with van der Waals surface area (Å²) >= 11 is 0. The Hall–Kier alpha value is -8.22. The second-order valence-corrected chi connectivity index (χ2v) is 14.8. The lowest BCUT2D eigenvalue weighted by Crippen LogP contribution is -2.10. The van der Waals surface area contributed by atoms with Crippen molar-refractivity contribution in [2.75, 3.05) is 9.80 Å². The van der Waals surface area contributed by atoms with Crippen LogP contribution in [0.1, 0.15) is 0 Å². The first-order valence-electron chi connectivity index (χ1n) is 20.0. The molecule has 0 unspecified atom stereocenters. The minimum absolute atomic E-state index is 1.01. The van der Waals surface area contributed by atoms with Crippen molar-refractivity contribution in [3.05, 3.63) is 219 Å². The number of hydrogen-bond acceptors (Lipinski definition) is 6. The standard InChI is InChI=1S/C54H36N6/c1-3-7-39-33-41(11-9-37(39)5-1)53-49-15-13-48(60(45-21-29-57-30-22-45)46-23-31-58-32-24-46)36-52(49)54(42-12-10-38-6-2-4-8-40(38)34-42)50-16-14-47(35-51(50)53)59(43-17-25-55-26-18-43)44-19-27-56-28-20-44/h1-36H. The van der Waals surface area contributed by atoms with Crippen LogP contribution in [0.25, 0.3) is 65.3 Å². The van der Waals surface area contributed by atoms with Crippen LogP contribution in [0.4, 0.5) is 34.1 Å². The molecule has 0 N–H and O–H groups in total. The zero-order valence-corrected chi connectivity index (χ0v) is 32.5. The van der Waals surface area contributed by atoms with E-state index in [2.05, 4.69) is 200 Å². The summed E-state index contributed by atoms with van der Waals surface area (Å²) in [6.45, 7) is 0. The second-order valence-electron chi connectivity index (χ2n) is 14.8. The lowest BCUT2D eigenvalue weighted by atomic mass is 9.84. The van der Waals surface area contributed by atoms with Crippen LogP contribution in [-0.4, -0.2) is 19.9 Å². The molecule has 282 valence electrons. The first kappa shape index (κ1) is 35.0. The molecule has 7 aromatic carbocycles. The highest BCUT2D eigenvalue weighted by molar-refractivity contribution is 6.23. The number of rotatable bonds is 8. The van der Waals surface area contributed by atoms with Crippen LogP contribution >= 0.6 is 0 Å². The fourth-order valence-electron chi connectivity index (χ4n) is 8.66. The molecule has 11 rings (SSSR count). The Labute approximate surface area is 347 Å². The number of anilines is 6. The minimum Gasteiger partial charge on any atom is -0.310 e. The lowest BCUT2D eigenvalue weighted by molar-refractivity contribution is 1.22. The van der Waals surface area contributed by atoms with Crippen LogP contribution in [0.5, 0.6) is 0 Å². The van der Waals surface area contributed by atoms with E-state index in [1.807, 2.05) is 49.6 Å². The molecule has 6 nitrogen and oxygen atoms in total. The molecule has 0 aliphatic rings. The molecular formula is C54H36N6. The molecule has 6 heteroatoms. The van der Waals surface area contributed by atoms with Crippen molar-refractivity contribution in [2.24, 2.45) is 0 Å². The van der Waals surface area contributed by atoms with Gasteiger partial charge in [-0.1, -0.05) is 84.9 Å². The molecule has 0 saturated heterocycles. The van der Waals surface area contributed by atoms with Gasteiger partial charge in [0, 0.05) is 83.7 Å². The van der Waals surface area contributed by atoms with Crippen LogP contribution in [0.15, 0.2) is 219 Å². The molecule has 11 aromatic rings. The molecule has 0 spiro atoms. The van der Waals surface area contributed by atoms with E-state index in [1.54, 1.807) is 0 Å².